The molecule has 1 heterocycles. The Bertz CT molecular complexity index is 531. The molecule has 1 fully saturated rings. The first kappa shape index (κ1) is 10.0. The molecule has 1 aromatic heterocycles. The van der Waals surface area contributed by atoms with E-state index in [1.165, 1.54) is 6.33 Å². The maximum atomic E-state index is 11.7. The smallest absolute Gasteiger partial charge is 0.227 e. The number of nitrogens with zero attached hydrogens (tertiary/aromatic N) is 3. The molecule has 5 nitrogen and oxygen atoms in total. The van der Waals surface area contributed by atoms with Crippen molar-refractivity contribution in [2.24, 2.45) is 5.92 Å². The second kappa shape index (κ2) is 4.01. The monoisotopic (exact) mass is 228 g/mol. The van der Waals surface area contributed by atoms with Crippen molar-refractivity contribution in [2.45, 2.75) is 12.8 Å². The van der Waals surface area contributed by atoms with E-state index < -0.39 is 0 Å². The summed E-state index contributed by atoms with van der Waals surface area (Å²) in [5, 5.41) is 7.00. The maximum Gasteiger partial charge on any atom is 0.227 e. The summed E-state index contributed by atoms with van der Waals surface area (Å²) in [5.74, 6) is 0.288. The lowest BCUT2D eigenvalue weighted by Gasteiger charge is -2.09. The van der Waals surface area contributed by atoms with E-state index in [2.05, 4.69) is 15.4 Å². The SMILES string of the molecule is O=C(Nc1ccccc1-n1cncn1)C1CC1. The summed E-state index contributed by atoms with van der Waals surface area (Å²) < 4.78 is 1.64. The number of benzene rings is 1. The number of para-hydroxylation sites is 2. The van der Waals surface area contributed by atoms with E-state index in [1.54, 1.807) is 11.0 Å². The molecule has 17 heavy (non-hydrogen) atoms. The zero-order chi connectivity index (χ0) is 11.7. The van der Waals surface area contributed by atoms with Gasteiger partial charge in [-0.1, -0.05) is 12.1 Å². The van der Waals surface area contributed by atoms with Crippen LogP contribution in [0.15, 0.2) is 36.9 Å². The third kappa shape index (κ3) is 2.04. The van der Waals surface area contributed by atoms with E-state index in [9.17, 15) is 4.79 Å². The van der Waals surface area contributed by atoms with Gasteiger partial charge in [0.25, 0.3) is 0 Å². The van der Waals surface area contributed by atoms with Crippen LogP contribution in [0.3, 0.4) is 0 Å². The summed E-state index contributed by atoms with van der Waals surface area (Å²) in [6, 6.07) is 7.57. The molecule has 0 bridgehead atoms. The van der Waals surface area contributed by atoms with Gasteiger partial charge in [0.15, 0.2) is 0 Å². The van der Waals surface area contributed by atoms with Crippen molar-refractivity contribution in [3.8, 4) is 5.69 Å². The minimum Gasteiger partial charge on any atom is -0.324 e. The minimum absolute atomic E-state index is 0.0950. The van der Waals surface area contributed by atoms with Crippen LogP contribution in [0.4, 0.5) is 5.69 Å². The van der Waals surface area contributed by atoms with Crippen LogP contribution in [-0.2, 0) is 4.79 Å². The van der Waals surface area contributed by atoms with Gasteiger partial charge in [-0.3, -0.25) is 4.79 Å². The van der Waals surface area contributed by atoms with Crippen LogP contribution in [0.2, 0.25) is 0 Å². The molecule has 1 aliphatic carbocycles. The Morgan fingerprint density at radius 1 is 1.35 bits per heavy atom. The summed E-state index contributed by atoms with van der Waals surface area (Å²) in [6.07, 6.45) is 5.08. The zero-order valence-electron chi connectivity index (χ0n) is 9.21. The summed E-state index contributed by atoms with van der Waals surface area (Å²) >= 11 is 0. The van der Waals surface area contributed by atoms with Gasteiger partial charge < -0.3 is 5.32 Å². The predicted octanol–water partition coefficient (Wildman–Crippen LogP) is 1.62. The number of hydrogen-bond donors (Lipinski definition) is 1. The average Bonchev–Trinajstić information content (AvgIpc) is 3.06. The summed E-state index contributed by atoms with van der Waals surface area (Å²) in [7, 11) is 0. The van der Waals surface area contributed by atoms with E-state index in [1.807, 2.05) is 24.3 Å². The van der Waals surface area contributed by atoms with Crippen LogP contribution >= 0.6 is 0 Å². The molecular weight excluding hydrogens is 216 g/mol. The van der Waals surface area contributed by atoms with Crippen molar-refractivity contribution in [1.29, 1.82) is 0 Å². The number of carbonyl (C=O) groups is 1. The lowest BCUT2D eigenvalue weighted by molar-refractivity contribution is -0.117. The first-order valence-electron chi connectivity index (χ1n) is 5.59. The van der Waals surface area contributed by atoms with Crippen LogP contribution in [0.1, 0.15) is 12.8 Å². The standard InChI is InChI=1S/C12H12N4O/c17-12(9-5-6-9)15-10-3-1-2-4-11(10)16-8-13-7-14-16/h1-4,7-9H,5-6H2,(H,15,17). The molecule has 2 aromatic rings. The Hall–Kier alpha value is -2.17. The van der Waals surface area contributed by atoms with Crippen molar-refractivity contribution in [1.82, 2.24) is 14.8 Å². The predicted molar refractivity (Wildman–Crippen MR) is 62.7 cm³/mol. The molecule has 0 spiro atoms. The maximum absolute atomic E-state index is 11.7. The van der Waals surface area contributed by atoms with Gasteiger partial charge in [-0.2, -0.15) is 5.10 Å². The molecule has 0 atom stereocenters. The Labute approximate surface area is 98.5 Å². The average molecular weight is 228 g/mol. The molecule has 1 saturated carbocycles. The molecule has 3 rings (SSSR count). The van der Waals surface area contributed by atoms with Gasteiger partial charge in [-0.25, -0.2) is 9.67 Å². The molecule has 0 saturated heterocycles. The Kier molecular flexibility index (Phi) is 2.36. The van der Waals surface area contributed by atoms with Crippen LogP contribution in [0, 0.1) is 5.92 Å². The quantitative estimate of drug-likeness (QED) is 0.868. The Morgan fingerprint density at radius 3 is 2.88 bits per heavy atom. The van der Waals surface area contributed by atoms with Gasteiger partial charge in [-0.05, 0) is 25.0 Å². The highest BCUT2D eigenvalue weighted by Crippen LogP contribution is 2.31. The molecule has 1 aromatic carbocycles. The molecule has 0 radical (unpaired) electrons. The van der Waals surface area contributed by atoms with E-state index >= 15 is 0 Å². The van der Waals surface area contributed by atoms with Crippen LogP contribution < -0.4 is 5.32 Å². The Balaban J connectivity index is 1.90. The third-order valence-electron chi connectivity index (χ3n) is 2.78. The van der Waals surface area contributed by atoms with Gasteiger partial charge in [-0.15, -0.1) is 0 Å². The number of anilines is 1. The molecule has 0 aliphatic heterocycles. The first-order chi connectivity index (χ1) is 8.34. The van der Waals surface area contributed by atoms with Crippen molar-refractivity contribution in [3.05, 3.63) is 36.9 Å². The van der Waals surface area contributed by atoms with E-state index in [4.69, 9.17) is 0 Å². The van der Waals surface area contributed by atoms with Crippen molar-refractivity contribution in [2.75, 3.05) is 5.32 Å². The van der Waals surface area contributed by atoms with Crippen molar-refractivity contribution < 1.29 is 4.79 Å². The topological polar surface area (TPSA) is 59.8 Å². The summed E-state index contributed by atoms with van der Waals surface area (Å²) in [4.78, 5) is 15.6. The van der Waals surface area contributed by atoms with Gasteiger partial charge in [0, 0.05) is 5.92 Å². The van der Waals surface area contributed by atoms with Crippen LogP contribution in [0.5, 0.6) is 0 Å². The summed E-state index contributed by atoms with van der Waals surface area (Å²) in [6.45, 7) is 0. The highest BCUT2D eigenvalue weighted by atomic mass is 16.2. The number of aromatic nitrogens is 3. The van der Waals surface area contributed by atoms with E-state index in [0.717, 1.165) is 24.2 Å². The van der Waals surface area contributed by atoms with Crippen molar-refractivity contribution in [3.63, 3.8) is 0 Å². The number of hydrogen-bond acceptors (Lipinski definition) is 3. The van der Waals surface area contributed by atoms with Gasteiger partial charge in [0.1, 0.15) is 12.7 Å². The fourth-order valence-electron chi connectivity index (χ4n) is 1.69. The second-order valence-electron chi connectivity index (χ2n) is 4.12. The van der Waals surface area contributed by atoms with Crippen LogP contribution in [-0.4, -0.2) is 20.7 Å². The Morgan fingerprint density at radius 2 is 2.18 bits per heavy atom. The fraction of sp³-hybridized carbons (Fsp3) is 0.250. The first-order valence-corrected chi connectivity index (χ1v) is 5.59. The summed E-state index contributed by atoms with van der Waals surface area (Å²) in [5.41, 5.74) is 1.61. The van der Waals surface area contributed by atoms with Crippen LogP contribution in [0.25, 0.3) is 5.69 Å². The van der Waals surface area contributed by atoms with Gasteiger partial charge in [0.2, 0.25) is 5.91 Å². The van der Waals surface area contributed by atoms with Crippen molar-refractivity contribution >= 4 is 11.6 Å². The largest absolute Gasteiger partial charge is 0.324 e. The third-order valence-corrected chi connectivity index (χ3v) is 2.78. The normalized spacial score (nSPS) is 14.6. The highest BCUT2D eigenvalue weighted by molar-refractivity contribution is 5.95. The zero-order valence-corrected chi connectivity index (χ0v) is 9.21. The van der Waals surface area contributed by atoms with E-state index in [-0.39, 0.29) is 11.8 Å². The lowest BCUT2D eigenvalue weighted by Crippen LogP contribution is -2.15. The van der Waals surface area contributed by atoms with E-state index in [0.29, 0.717) is 0 Å². The highest BCUT2D eigenvalue weighted by Gasteiger charge is 2.29. The number of rotatable bonds is 3. The fourth-order valence-corrected chi connectivity index (χ4v) is 1.69. The molecule has 86 valence electrons. The molecule has 0 unspecified atom stereocenters. The molecule has 1 amide bonds. The van der Waals surface area contributed by atoms with Gasteiger partial charge >= 0.3 is 0 Å². The molecule has 1 N–H and O–H groups in total. The molecule has 5 heteroatoms. The number of nitrogens with one attached hydrogen (secondary N) is 1. The number of carbonyl (C=O) groups excluding carboxylic acids is 1. The minimum atomic E-state index is 0.0950. The van der Waals surface area contributed by atoms with Gasteiger partial charge in [0.05, 0.1) is 11.4 Å². The molecular formula is C12H12N4O. The lowest BCUT2D eigenvalue weighted by atomic mass is 10.2. The number of amides is 1. The second-order valence-corrected chi connectivity index (χ2v) is 4.12. The molecule has 1 aliphatic rings.